The Morgan fingerprint density at radius 2 is 0.975 bits per heavy atom. The van der Waals surface area contributed by atoms with Crippen molar-refractivity contribution in [2.45, 2.75) is 92.9 Å². The molecular formula is C36H48N2O2. The largest absolute Gasteiger partial charge is 0.507 e. The van der Waals surface area contributed by atoms with Crippen molar-refractivity contribution in [1.29, 1.82) is 0 Å². The van der Waals surface area contributed by atoms with E-state index in [-0.39, 0.29) is 23.3 Å². The number of aliphatic imine (C=N–C) groups is 2. The average molecular weight is 541 g/mol. The van der Waals surface area contributed by atoms with Crippen LogP contribution in [-0.2, 0) is 12.8 Å². The lowest BCUT2D eigenvalue weighted by Gasteiger charge is -2.15. The minimum atomic E-state index is 0.211. The third kappa shape index (κ3) is 8.55. The van der Waals surface area contributed by atoms with E-state index < -0.39 is 0 Å². The van der Waals surface area contributed by atoms with E-state index in [1.807, 2.05) is 36.4 Å². The third-order valence-electron chi connectivity index (χ3n) is 7.29. The highest BCUT2D eigenvalue weighted by Crippen LogP contribution is 2.34. The molecule has 214 valence electrons. The van der Waals surface area contributed by atoms with Gasteiger partial charge < -0.3 is 10.2 Å². The summed E-state index contributed by atoms with van der Waals surface area (Å²) < 4.78 is 0. The van der Waals surface area contributed by atoms with Crippen molar-refractivity contribution in [2.75, 3.05) is 0 Å². The highest BCUT2D eigenvalue weighted by molar-refractivity contribution is 5.90. The summed E-state index contributed by atoms with van der Waals surface area (Å²) in [6.45, 7) is 17.3. The fraction of sp³-hybridized carbons (Fsp3) is 0.444. The van der Waals surface area contributed by atoms with Crippen LogP contribution in [0.3, 0.4) is 0 Å². The molecule has 3 aromatic rings. The number of phenolic OH excluding ortho intramolecular Hbond substituents is 2. The summed E-state index contributed by atoms with van der Waals surface area (Å²) in [4.78, 5) is 9.52. The van der Waals surface area contributed by atoms with Crippen LogP contribution >= 0.6 is 0 Å². The maximum absolute atomic E-state index is 11.0. The second kappa shape index (κ2) is 14.3. The predicted octanol–water partition coefficient (Wildman–Crippen LogP) is 10.0. The van der Waals surface area contributed by atoms with Crippen molar-refractivity contribution in [1.82, 2.24) is 0 Å². The van der Waals surface area contributed by atoms with Gasteiger partial charge in [0.15, 0.2) is 0 Å². The molecule has 4 nitrogen and oxygen atoms in total. The number of benzene rings is 3. The molecule has 0 spiro atoms. The lowest BCUT2D eigenvalue weighted by molar-refractivity contribution is 0.463. The van der Waals surface area contributed by atoms with Crippen LogP contribution in [0.5, 0.6) is 11.5 Å². The monoisotopic (exact) mass is 540 g/mol. The quantitative estimate of drug-likeness (QED) is 0.224. The molecular weight excluding hydrogens is 492 g/mol. The zero-order valence-electron chi connectivity index (χ0n) is 25.7. The summed E-state index contributed by atoms with van der Waals surface area (Å²) in [6.07, 6.45) is 7.63. The second-order valence-electron chi connectivity index (χ2n) is 12.4. The van der Waals surface area contributed by atoms with E-state index in [2.05, 4.69) is 67.5 Å². The topological polar surface area (TPSA) is 65.2 Å². The van der Waals surface area contributed by atoms with Crippen molar-refractivity contribution < 1.29 is 10.2 Å². The molecule has 0 radical (unpaired) electrons. The third-order valence-corrected chi connectivity index (χ3v) is 7.29. The van der Waals surface area contributed by atoms with Gasteiger partial charge in [0.1, 0.15) is 11.5 Å². The van der Waals surface area contributed by atoms with E-state index in [0.717, 1.165) is 47.9 Å². The van der Waals surface area contributed by atoms with Crippen LogP contribution in [0, 0.1) is 11.8 Å². The SMILES string of the molecule is CC(C)CCc1cc(C=Nc2ccccc2N=Cc2cc(CCC(C)C)cc(C(C)C)c2O)c(O)c(C(C)C)c1. The number of hydrogen-bond acceptors (Lipinski definition) is 4. The van der Waals surface area contributed by atoms with Crippen LogP contribution in [0.4, 0.5) is 11.4 Å². The standard InChI is InChI=1S/C36H48N2O2/c1-23(2)13-15-27-17-29(35(39)31(19-27)25(5)6)21-37-33-11-9-10-12-34(33)38-22-30-18-28(16-14-24(3)4)20-32(26(7)8)36(30)40/h9-12,17-26,39-40H,13-16H2,1-8H3. The van der Waals surface area contributed by atoms with Gasteiger partial charge in [-0.05, 0) is 95.9 Å². The van der Waals surface area contributed by atoms with Gasteiger partial charge in [0, 0.05) is 23.6 Å². The first-order valence-corrected chi connectivity index (χ1v) is 14.8. The normalized spacial score (nSPS) is 12.3. The van der Waals surface area contributed by atoms with E-state index in [1.165, 1.54) is 11.1 Å². The number of aryl methyl sites for hydroxylation is 2. The number of hydrogen-bond donors (Lipinski definition) is 2. The Kier molecular flexibility index (Phi) is 11.1. The van der Waals surface area contributed by atoms with Gasteiger partial charge in [0.2, 0.25) is 0 Å². The number of aromatic hydroxyl groups is 2. The minimum Gasteiger partial charge on any atom is -0.507 e. The van der Waals surface area contributed by atoms with Crippen LogP contribution in [0.15, 0.2) is 58.5 Å². The number of para-hydroxylation sites is 2. The molecule has 0 atom stereocenters. The molecule has 3 rings (SSSR count). The van der Waals surface area contributed by atoms with Gasteiger partial charge >= 0.3 is 0 Å². The maximum Gasteiger partial charge on any atom is 0.127 e. The molecule has 4 heteroatoms. The summed E-state index contributed by atoms with van der Waals surface area (Å²) in [5.74, 6) is 2.23. The molecule has 0 amide bonds. The van der Waals surface area contributed by atoms with E-state index in [0.29, 0.717) is 23.2 Å². The van der Waals surface area contributed by atoms with E-state index in [1.54, 1.807) is 12.4 Å². The van der Waals surface area contributed by atoms with Crippen LogP contribution in [-0.4, -0.2) is 22.6 Å². The molecule has 0 aliphatic heterocycles. The van der Waals surface area contributed by atoms with Crippen molar-refractivity contribution in [2.24, 2.45) is 21.8 Å². The molecule has 40 heavy (non-hydrogen) atoms. The fourth-order valence-corrected chi connectivity index (χ4v) is 4.73. The lowest BCUT2D eigenvalue weighted by atomic mass is 9.93. The second-order valence-corrected chi connectivity index (χ2v) is 12.4. The van der Waals surface area contributed by atoms with E-state index in [9.17, 15) is 10.2 Å². The van der Waals surface area contributed by atoms with Crippen molar-refractivity contribution >= 4 is 23.8 Å². The summed E-state index contributed by atoms with van der Waals surface area (Å²) in [5, 5.41) is 22.0. The molecule has 0 bridgehead atoms. The number of nitrogens with zero attached hydrogens (tertiary/aromatic N) is 2. The lowest BCUT2D eigenvalue weighted by Crippen LogP contribution is -1.99. The predicted molar refractivity (Wildman–Crippen MR) is 172 cm³/mol. The summed E-state index contributed by atoms with van der Waals surface area (Å²) in [5.41, 5.74) is 7.19. The Hall–Kier alpha value is -3.40. The summed E-state index contributed by atoms with van der Waals surface area (Å²) >= 11 is 0. The van der Waals surface area contributed by atoms with Crippen LogP contribution in [0.25, 0.3) is 0 Å². The van der Waals surface area contributed by atoms with Crippen LogP contribution in [0.1, 0.15) is 113 Å². The van der Waals surface area contributed by atoms with Crippen LogP contribution < -0.4 is 0 Å². The first-order valence-electron chi connectivity index (χ1n) is 14.8. The number of rotatable bonds is 12. The van der Waals surface area contributed by atoms with Gasteiger partial charge in [0.05, 0.1) is 11.4 Å². The van der Waals surface area contributed by atoms with Crippen LogP contribution in [0.2, 0.25) is 0 Å². The van der Waals surface area contributed by atoms with Gasteiger partial charge in [-0.25, -0.2) is 0 Å². The molecule has 2 N–H and O–H groups in total. The van der Waals surface area contributed by atoms with E-state index >= 15 is 0 Å². The van der Waals surface area contributed by atoms with Gasteiger partial charge in [-0.1, -0.05) is 79.7 Å². The van der Waals surface area contributed by atoms with Gasteiger partial charge in [-0.2, -0.15) is 0 Å². The smallest absolute Gasteiger partial charge is 0.127 e. The highest BCUT2D eigenvalue weighted by atomic mass is 16.3. The molecule has 0 heterocycles. The first-order chi connectivity index (χ1) is 19.0. The zero-order chi connectivity index (χ0) is 29.4. The molecule has 0 fully saturated rings. The number of phenols is 2. The molecule has 3 aromatic carbocycles. The zero-order valence-corrected chi connectivity index (χ0v) is 25.7. The highest BCUT2D eigenvalue weighted by Gasteiger charge is 2.14. The Balaban J connectivity index is 1.96. The molecule has 0 aliphatic rings. The Morgan fingerprint density at radius 3 is 1.30 bits per heavy atom. The fourth-order valence-electron chi connectivity index (χ4n) is 4.73. The van der Waals surface area contributed by atoms with Gasteiger partial charge in [-0.3, -0.25) is 9.98 Å². The maximum atomic E-state index is 11.0. The Labute approximate surface area is 241 Å². The van der Waals surface area contributed by atoms with Crippen molar-refractivity contribution in [3.63, 3.8) is 0 Å². The average Bonchev–Trinajstić information content (AvgIpc) is 2.90. The van der Waals surface area contributed by atoms with Gasteiger partial charge in [-0.15, -0.1) is 0 Å². The summed E-state index contributed by atoms with van der Waals surface area (Å²) in [6, 6.07) is 16.1. The molecule has 0 aromatic heterocycles. The first kappa shape index (κ1) is 31.1. The van der Waals surface area contributed by atoms with Crippen molar-refractivity contribution in [3.8, 4) is 11.5 Å². The molecule has 0 aliphatic carbocycles. The van der Waals surface area contributed by atoms with Crippen molar-refractivity contribution in [3.05, 3.63) is 81.9 Å². The Morgan fingerprint density at radius 1 is 0.600 bits per heavy atom. The van der Waals surface area contributed by atoms with Gasteiger partial charge in [0.25, 0.3) is 0 Å². The van der Waals surface area contributed by atoms with E-state index in [4.69, 9.17) is 9.98 Å². The Bertz CT molecular complexity index is 1230. The molecule has 0 saturated heterocycles. The molecule has 0 saturated carbocycles. The summed E-state index contributed by atoms with van der Waals surface area (Å²) in [7, 11) is 0. The minimum absolute atomic E-state index is 0.211. The molecule has 0 unspecified atom stereocenters.